The maximum absolute atomic E-state index is 11.0. The number of rotatable bonds is 9. The van der Waals surface area contributed by atoms with Gasteiger partial charge in [-0.15, -0.1) is 0 Å². The van der Waals surface area contributed by atoms with Crippen molar-refractivity contribution in [2.24, 2.45) is 0 Å². The van der Waals surface area contributed by atoms with Gasteiger partial charge in [0.2, 0.25) is 0 Å². The van der Waals surface area contributed by atoms with E-state index in [1.807, 2.05) is 43.3 Å². The summed E-state index contributed by atoms with van der Waals surface area (Å²) in [6, 6.07) is 24.8. The molecule has 1 atom stereocenters. The number of nitrogens with zero attached hydrogens (tertiary/aromatic N) is 1. The average molecular weight is 450 g/mol. The van der Waals surface area contributed by atoms with Gasteiger partial charge in [0.25, 0.3) is 0 Å². The Morgan fingerprint density at radius 3 is 2.15 bits per heavy atom. The monoisotopic (exact) mass is 449 g/mol. The molecule has 5 heteroatoms. The van der Waals surface area contributed by atoms with Gasteiger partial charge in [-0.3, -0.25) is 4.90 Å². The minimum Gasteiger partial charge on any atom is -0.550 e. The molecule has 4 rings (SSSR count). The van der Waals surface area contributed by atoms with Crippen LogP contribution in [0.5, 0.6) is 5.75 Å². The topological polar surface area (TPSA) is 52.6 Å². The van der Waals surface area contributed by atoms with Crippen molar-refractivity contribution in [3.8, 4) is 5.75 Å². The molecule has 164 valence electrons. The molecule has 0 aromatic heterocycles. The van der Waals surface area contributed by atoms with E-state index < -0.39 is 5.97 Å². The molecular formula is C28H28NNaO3. The van der Waals surface area contributed by atoms with Gasteiger partial charge in [0.1, 0.15) is 12.4 Å². The molecule has 0 fully saturated rings. The number of carboxylic acid groups (broad SMARTS) is 1. The number of carbonyl (C=O) groups excluding carboxylic acids is 1. The first kappa shape index (κ1) is 25.3. The second-order valence-corrected chi connectivity index (χ2v) is 8.30. The molecule has 0 N–H and O–H groups in total. The number of carboxylic acids is 1. The Labute approximate surface area is 218 Å². The number of carbonyl (C=O) groups is 1. The summed E-state index contributed by atoms with van der Waals surface area (Å²) < 4.78 is 5.93. The molecular weight excluding hydrogens is 421 g/mol. The number of aliphatic carboxylic acids is 1. The Balaban J connectivity index is 0.00000306. The molecule has 0 aliphatic carbocycles. The van der Waals surface area contributed by atoms with Gasteiger partial charge in [-0.25, -0.2) is 0 Å². The molecule has 0 unspecified atom stereocenters. The van der Waals surface area contributed by atoms with Crippen molar-refractivity contribution in [2.75, 3.05) is 0 Å². The minimum absolute atomic E-state index is 0. The van der Waals surface area contributed by atoms with Crippen LogP contribution in [0.15, 0.2) is 84.9 Å². The third kappa shape index (κ3) is 7.05. The third-order valence-electron chi connectivity index (χ3n) is 5.86. The van der Waals surface area contributed by atoms with Crippen LogP contribution in [-0.4, -0.2) is 10.9 Å². The van der Waals surface area contributed by atoms with Crippen molar-refractivity contribution in [3.05, 3.63) is 113 Å². The summed E-state index contributed by atoms with van der Waals surface area (Å²) in [5.41, 5.74) is 6.22. The van der Waals surface area contributed by atoms with Gasteiger partial charge in [0.15, 0.2) is 0 Å². The zero-order valence-electron chi connectivity index (χ0n) is 19.4. The Kier molecular flexibility index (Phi) is 9.33. The third-order valence-corrected chi connectivity index (χ3v) is 5.86. The summed E-state index contributed by atoms with van der Waals surface area (Å²) in [6.45, 7) is 5.33. The number of hydrogen-bond acceptors (Lipinski definition) is 4. The predicted octanol–water partition coefficient (Wildman–Crippen LogP) is 1.59. The molecule has 3 aromatic carbocycles. The maximum atomic E-state index is 11.0. The summed E-state index contributed by atoms with van der Waals surface area (Å²) in [6.07, 6.45) is 3.72. The predicted molar refractivity (Wildman–Crippen MR) is 124 cm³/mol. The van der Waals surface area contributed by atoms with Gasteiger partial charge in [-0.05, 0) is 53.3 Å². The summed E-state index contributed by atoms with van der Waals surface area (Å²) in [4.78, 5) is 13.4. The molecule has 4 nitrogen and oxygen atoms in total. The average Bonchev–Trinajstić information content (AvgIpc) is 3.21. The van der Waals surface area contributed by atoms with Crippen LogP contribution in [0.2, 0.25) is 0 Å². The van der Waals surface area contributed by atoms with Crippen molar-refractivity contribution in [1.29, 1.82) is 0 Å². The Morgan fingerprint density at radius 2 is 1.58 bits per heavy atom. The maximum Gasteiger partial charge on any atom is 1.00 e. The van der Waals surface area contributed by atoms with Crippen molar-refractivity contribution < 1.29 is 44.2 Å². The van der Waals surface area contributed by atoms with Crippen molar-refractivity contribution in [3.63, 3.8) is 0 Å². The van der Waals surface area contributed by atoms with Crippen molar-refractivity contribution in [1.82, 2.24) is 4.90 Å². The van der Waals surface area contributed by atoms with Crippen LogP contribution in [0.3, 0.4) is 0 Å². The van der Waals surface area contributed by atoms with E-state index in [2.05, 4.69) is 53.4 Å². The molecule has 1 aliphatic rings. The van der Waals surface area contributed by atoms with Gasteiger partial charge < -0.3 is 14.6 Å². The Bertz CT molecular complexity index is 1050. The van der Waals surface area contributed by atoms with Crippen molar-refractivity contribution in [2.45, 2.75) is 45.5 Å². The van der Waals surface area contributed by atoms with Gasteiger partial charge in [-0.2, -0.15) is 0 Å². The molecule has 0 bridgehead atoms. The number of ether oxygens (including phenoxy) is 1. The first-order valence-corrected chi connectivity index (χ1v) is 11.0. The zero-order valence-corrected chi connectivity index (χ0v) is 21.4. The van der Waals surface area contributed by atoms with Crippen LogP contribution in [-0.2, 0) is 31.0 Å². The minimum atomic E-state index is -1.05. The number of benzene rings is 3. The van der Waals surface area contributed by atoms with E-state index >= 15 is 0 Å². The SMILES string of the molecule is CC=C[C@H](CC(=O)[O-])c1ccc(OCc2ccc(CN3Cc4ccccc4C3)cc2)cc1.[Na+]. The Hall–Kier alpha value is -2.37. The molecule has 1 heterocycles. The Morgan fingerprint density at radius 1 is 0.970 bits per heavy atom. The molecule has 0 saturated heterocycles. The fourth-order valence-electron chi connectivity index (χ4n) is 4.20. The van der Waals surface area contributed by atoms with E-state index in [1.54, 1.807) is 0 Å². The van der Waals surface area contributed by atoms with Gasteiger partial charge in [0, 0.05) is 31.5 Å². The molecule has 0 saturated carbocycles. The molecule has 3 aromatic rings. The van der Waals surface area contributed by atoms with E-state index in [1.165, 1.54) is 16.7 Å². The zero-order chi connectivity index (χ0) is 22.3. The number of hydrogen-bond donors (Lipinski definition) is 0. The van der Waals surface area contributed by atoms with E-state index in [0.29, 0.717) is 6.61 Å². The quantitative estimate of drug-likeness (QED) is 0.368. The van der Waals surface area contributed by atoms with Crippen molar-refractivity contribution >= 4 is 5.97 Å². The smallest absolute Gasteiger partial charge is 0.550 e. The molecule has 0 amide bonds. The first-order valence-electron chi connectivity index (χ1n) is 11.0. The molecule has 0 radical (unpaired) electrons. The first-order chi connectivity index (χ1) is 15.6. The fraction of sp³-hybridized carbons (Fsp3) is 0.250. The fourth-order valence-corrected chi connectivity index (χ4v) is 4.20. The summed E-state index contributed by atoms with van der Waals surface area (Å²) >= 11 is 0. The summed E-state index contributed by atoms with van der Waals surface area (Å²) in [5.74, 6) is -0.471. The molecule has 0 spiro atoms. The second kappa shape index (κ2) is 12.2. The van der Waals surface area contributed by atoms with Crippen LogP contribution in [0, 0.1) is 0 Å². The normalized spacial score (nSPS) is 14.0. The van der Waals surface area contributed by atoms with Crippen LogP contribution < -0.4 is 39.4 Å². The van der Waals surface area contributed by atoms with Gasteiger partial charge >= 0.3 is 29.6 Å². The second-order valence-electron chi connectivity index (χ2n) is 8.30. The number of allylic oxidation sites excluding steroid dienone is 2. The standard InChI is InChI=1S/C28H29NO3.Na/c1-2-5-24(16-28(30)31)23-12-14-27(15-13-23)32-20-22-10-8-21(9-11-22)17-29-18-25-6-3-4-7-26(25)19-29;/h2-15,24H,16-20H2,1H3,(H,30,31);/q;+1/p-1/t24-;/m1./s1. The van der Waals surface area contributed by atoms with Gasteiger partial charge in [0.05, 0.1) is 0 Å². The number of fused-ring (bicyclic) bond motifs is 1. The van der Waals surface area contributed by atoms with E-state index in [4.69, 9.17) is 4.74 Å². The van der Waals surface area contributed by atoms with E-state index in [0.717, 1.165) is 36.5 Å². The van der Waals surface area contributed by atoms with Crippen LogP contribution in [0.25, 0.3) is 0 Å². The largest absolute Gasteiger partial charge is 1.00 e. The van der Waals surface area contributed by atoms with E-state index in [-0.39, 0.29) is 41.9 Å². The van der Waals surface area contributed by atoms with Crippen LogP contribution >= 0.6 is 0 Å². The summed E-state index contributed by atoms with van der Waals surface area (Å²) in [7, 11) is 0. The van der Waals surface area contributed by atoms with E-state index in [9.17, 15) is 9.90 Å². The molecule has 1 aliphatic heterocycles. The summed E-state index contributed by atoms with van der Waals surface area (Å²) in [5, 5.41) is 11.0. The van der Waals surface area contributed by atoms with Crippen LogP contribution in [0.1, 0.15) is 47.1 Å². The van der Waals surface area contributed by atoms with Gasteiger partial charge in [-0.1, -0.05) is 72.8 Å². The molecule has 33 heavy (non-hydrogen) atoms. The van der Waals surface area contributed by atoms with Crippen LogP contribution in [0.4, 0.5) is 0 Å².